The van der Waals surface area contributed by atoms with Gasteiger partial charge in [-0.3, -0.25) is 5.32 Å². The van der Waals surface area contributed by atoms with Gasteiger partial charge in [-0.15, -0.1) is 0 Å². The van der Waals surface area contributed by atoms with Crippen LogP contribution in [0.5, 0.6) is 0 Å². The van der Waals surface area contributed by atoms with E-state index in [2.05, 4.69) is 44.1 Å². The van der Waals surface area contributed by atoms with E-state index >= 15 is 0 Å². The average Bonchev–Trinajstić information content (AvgIpc) is 2.52. The third-order valence-corrected chi connectivity index (χ3v) is 3.88. The average molecular weight is 331 g/mol. The molecule has 2 aromatic heterocycles. The molecule has 2 heterocycles. The molecule has 2 aromatic rings. The number of carbonyl (C=O) groups is 1. The Morgan fingerprint density at radius 1 is 1.35 bits per heavy atom. The van der Waals surface area contributed by atoms with Gasteiger partial charge in [-0.1, -0.05) is 21.7 Å². The van der Waals surface area contributed by atoms with Gasteiger partial charge in [0.1, 0.15) is 5.82 Å². The highest BCUT2D eigenvalue weighted by molar-refractivity contribution is 7.55. The number of fused-ring (bicyclic) bond motifs is 1. The fourth-order valence-electron chi connectivity index (χ4n) is 1.97. The number of pyridine rings is 1. The molecule has 9 heteroatoms. The number of aryl methyl sites for hydroxylation is 1. The number of aromatic nitrogens is 3. The normalized spacial score (nSPS) is 10.7. The Kier molecular flexibility index (Phi) is 6.10. The van der Waals surface area contributed by atoms with Crippen LogP contribution >= 0.6 is 7.92 Å². The zero-order valence-corrected chi connectivity index (χ0v) is 14.7. The van der Waals surface area contributed by atoms with Crippen molar-refractivity contribution < 1.29 is 4.79 Å². The highest BCUT2D eigenvalue weighted by atomic mass is 31.1. The molecule has 23 heavy (non-hydrogen) atoms. The third kappa shape index (κ3) is 4.76. The molecule has 0 bridgehead atoms. The number of rotatable bonds is 6. The maximum Gasteiger partial charge on any atom is 0.320 e. The molecule has 0 aliphatic rings. The molecule has 0 saturated heterocycles. The quantitative estimate of drug-likeness (QED) is 0.559. The lowest BCUT2D eigenvalue weighted by molar-refractivity contribution is 0.253. The predicted molar refractivity (Wildman–Crippen MR) is 97.7 cm³/mol. The van der Waals surface area contributed by atoms with E-state index in [0.29, 0.717) is 23.7 Å². The second-order valence-electron chi connectivity index (χ2n) is 5.26. The summed E-state index contributed by atoms with van der Waals surface area (Å²) >= 11 is 0. The minimum absolute atomic E-state index is 0.180. The first-order valence-electron chi connectivity index (χ1n) is 7.44. The number of nitrogens with zero attached hydrogens (tertiary/aromatic N) is 3. The van der Waals surface area contributed by atoms with Gasteiger partial charge >= 0.3 is 6.03 Å². The van der Waals surface area contributed by atoms with Gasteiger partial charge in [0.2, 0.25) is 13.4 Å². The van der Waals surface area contributed by atoms with E-state index in [1.54, 1.807) is 13.6 Å². The molecule has 0 atom stereocenters. The van der Waals surface area contributed by atoms with Crippen LogP contribution in [0.4, 0.5) is 16.6 Å². The van der Waals surface area contributed by atoms with Gasteiger partial charge < -0.3 is 10.5 Å². The first kappa shape index (κ1) is 17.4. The number of carbonyl (C=O) groups excluding carboxylic acids is 1. The topological polar surface area (TPSA) is 91.8 Å². The molecule has 0 aromatic carbocycles. The van der Waals surface area contributed by atoms with E-state index < -0.39 is 0 Å². The Bertz CT molecular complexity index is 696. The fraction of sp³-hybridized carbons (Fsp3) is 0.429. The maximum atomic E-state index is 12.0. The molecule has 3 N–H and O–H groups in total. The summed E-state index contributed by atoms with van der Waals surface area (Å²) in [5.41, 5.74) is 1.50. The molecule has 2 rings (SSSR count). The third-order valence-electron chi connectivity index (χ3n) is 3.09. The first-order chi connectivity index (χ1) is 11.0. The van der Waals surface area contributed by atoms with E-state index in [1.807, 2.05) is 19.8 Å². The molecule has 0 spiro atoms. The van der Waals surface area contributed by atoms with E-state index in [-0.39, 0.29) is 14.0 Å². The van der Waals surface area contributed by atoms with Crippen LogP contribution in [0.15, 0.2) is 12.3 Å². The van der Waals surface area contributed by atoms with Crippen molar-refractivity contribution in [1.29, 1.82) is 0 Å². The van der Waals surface area contributed by atoms with Crippen molar-refractivity contribution in [3.8, 4) is 0 Å². The van der Waals surface area contributed by atoms with Crippen LogP contribution in [0.2, 0.25) is 6.82 Å². The van der Waals surface area contributed by atoms with Crippen LogP contribution in [-0.4, -0.2) is 48.0 Å². The van der Waals surface area contributed by atoms with Crippen LogP contribution in [0.1, 0.15) is 12.5 Å². The summed E-state index contributed by atoms with van der Waals surface area (Å²) < 4.78 is 0. The Morgan fingerprint density at radius 3 is 2.78 bits per heavy atom. The Hall–Kier alpha value is -1.95. The van der Waals surface area contributed by atoms with Crippen LogP contribution in [0.3, 0.4) is 0 Å². The van der Waals surface area contributed by atoms with Gasteiger partial charge in [-0.25, -0.2) is 14.8 Å². The highest BCUT2D eigenvalue weighted by Gasteiger charge is 2.11. The van der Waals surface area contributed by atoms with E-state index in [1.165, 1.54) is 0 Å². The molecule has 0 aliphatic heterocycles. The lowest BCUT2D eigenvalue weighted by atomic mass is 10.0. The van der Waals surface area contributed by atoms with Gasteiger partial charge in [0.15, 0.2) is 5.65 Å². The predicted octanol–water partition coefficient (Wildman–Crippen LogP) is 2.49. The van der Waals surface area contributed by atoms with Crippen molar-refractivity contribution in [2.24, 2.45) is 0 Å². The van der Waals surface area contributed by atoms with Crippen LogP contribution in [-0.2, 0) is 6.42 Å². The van der Waals surface area contributed by atoms with Crippen LogP contribution < -0.4 is 15.9 Å². The second kappa shape index (κ2) is 8.06. The minimum Gasteiger partial charge on any atom is -0.402 e. The summed E-state index contributed by atoms with van der Waals surface area (Å²) in [5.74, 6) is 1.02. The molecule has 0 saturated carbocycles. The molecule has 1 radical (unpaired) electrons. The summed E-state index contributed by atoms with van der Waals surface area (Å²) in [6, 6.07) is 1.72. The van der Waals surface area contributed by atoms with E-state index in [4.69, 9.17) is 0 Å². The Labute approximate surface area is 138 Å². The molecule has 7 nitrogen and oxygen atoms in total. The number of hydrogen-bond donors (Lipinski definition) is 3. The fourth-order valence-corrected chi connectivity index (χ4v) is 2.43. The van der Waals surface area contributed by atoms with Crippen LogP contribution in [0, 0.1) is 0 Å². The van der Waals surface area contributed by atoms with E-state index in [9.17, 15) is 4.79 Å². The standard InChI is InChI=1S/C14H21BN6OP/c1-5-9-6-10-7-16-13(21-15-2)19-12(10)18-11(9)20-14(22)17-8-23(3)4/h6-7H,5,8H2,1-4H3,(H3,16,17,18,19,20,21,22). The van der Waals surface area contributed by atoms with Gasteiger partial charge in [0, 0.05) is 17.9 Å². The first-order valence-corrected chi connectivity index (χ1v) is 9.86. The van der Waals surface area contributed by atoms with Crippen molar-refractivity contribution in [2.45, 2.75) is 20.2 Å². The number of nitrogens with one attached hydrogen (secondary N) is 3. The van der Waals surface area contributed by atoms with Crippen LogP contribution in [0.25, 0.3) is 11.0 Å². The molecule has 0 unspecified atom stereocenters. The lowest BCUT2D eigenvalue weighted by Crippen LogP contribution is -2.29. The van der Waals surface area contributed by atoms with Crippen molar-refractivity contribution in [3.05, 3.63) is 17.8 Å². The molecule has 0 aliphatic carbocycles. The lowest BCUT2D eigenvalue weighted by Gasteiger charge is -2.12. The summed E-state index contributed by atoms with van der Waals surface area (Å²) in [7, 11) is 1.57. The van der Waals surface area contributed by atoms with Gasteiger partial charge in [-0.05, 0) is 31.4 Å². The van der Waals surface area contributed by atoms with Crippen molar-refractivity contribution >= 4 is 44.2 Å². The van der Waals surface area contributed by atoms with Crippen molar-refractivity contribution in [2.75, 3.05) is 30.2 Å². The molecule has 0 fully saturated rings. The SMILES string of the molecule is C[B]Nc1ncc2cc(CC)c(NC(=O)NCP(C)C)nc2n1. The monoisotopic (exact) mass is 331 g/mol. The number of amides is 2. The number of hydrogen-bond acceptors (Lipinski definition) is 5. The number of urea groups is 1. The number of anilines is 2. The zero-order valence-electron chi connectivity index (χ0n) is 13.8. The van der Waals surface area contributed by atoms with Crippen molar-refractivity contribution in [1.82, 2.24) is 20.3 Å². The highest BCUT2D eigenvalue weighted by Crippen LogP contribution is 2.22. The van der Waals surface area contributed by atoms with Gasteiger partial charge in [-0.2, -0.15) is 4.98 Å². The van der Waals surface area contributed by atoms with E-state index in [0.717, 1.165) is 17.4 Å². The summed E-state index contributed by atoms with van der Waals surface area (Å²) in [6.07, 6.45) is 3.17. The zero-order chi connectivity index (χ0) is 16.8. The molecular formula is C14H21BN6OP. The minimum atomic E-state index is -0.239. The Morgan fingerprint density at radius 2 is 2.13 bits per heavy atom. The summed E-state index contributed by atoms with van der Waals surface area (Å²) in [5, 5.41) is 9.46. The maximum absolute atomic E-state index is 12.0. The Balaban J connectivity index is 2.27. The second-order valence-corrected chi connectivity index (χ2v) is 7.73. The molecular weight excluding hydrogens is 310 g/mol. The van der Waals surface area contributed by atoms with Gasteiger partial charge in [0.05, 0.1) is 0 Å². The van der Waals surface area contributed by atoms with Crippen molar-refractivity contribution in [3.63, 3.8) is 0 Å². The molecule has 121 valence electrons. The van der Waals surface area contributed by atoms with Gasteiger partial charge in [0.25, 0.3) is 0 Å². The summed E-state index contributed by atoms with van der Waals surface area (Å²) in [4.78, 5) is 25.0. The largest absolute Gasteiger partial charge is 0.402 e. The molecule has 2 amide bonds. The smallest absolute Gasteiger partial charge is 0.320 e. The summed E-state index contributed by atoms with van der Waals surface area (Å²) in [6.45, 7) is 8.09.